The minimum Gasteiger partial charge on any atom is -0.383 e. The summed E-state index contributed by atoms with van der Waals surface area (Å²) in [5.74, 6) is 0.937. The van der Waals surface area contributed by atoms with Crippen LogP contribution >= 0.6 is 0 Å². The minimum absolute atomic E-state index is 0.577. The van der Waals surface area contributed by atoms with Gasteiger partial charge in [0.25, 0.3) is 0 Å². The number of methoxy groups -OCH3 is 1. The zero-order chi connectivity index (χ0) is 11.6. The Morgan fingerprint density at radius 2 is 1.88 bits per heavy atom. The second kappa shape index (κ2) is 9.00. The van der Waals surface area contributed by atoms with Crippen LogP contribution in [0.15, 0.2) is 0 Å². The molecule has 0 spiro atoms. The lowest BCUT2D eigenvalue weighted by Gasteiger charge is -2.23. The van der Waals surface area contributed by atoms with Crippen molar-refractivity contribution in [3.05, 3.63) is 0 Å². The number of rotatable bonds is 7. The highest BCUT2D eigenvalue weighted by Gasteiger charge is 2.17. The number of hydrogen-bond donors (Lipinski definition) is 1. The van der Waals surface area contributed by atoms with Gasteiger partial charge in [0.05, 0.1) is 6.61 Å². The lowest BCUT2D eigenvalue weighted by molar-refractivity contribution is 0.152. The van der Waals surface area contributed by atoms with E-state index in [4.69, 9.17) is 4.74 Å². The normalized spacial score (nSPS) is 20.6. The van der Waals surface area contributed by atoms with Crippen LogP contribution in [-0.4, -0.2) is 26.3 Å². The van der Waals surface area contributed by atoms with Crippen LogP contribution in [0.25, 0.3) is 0 Å². The van der Waals surface area contributed by atoms with E-state index in [1.807, 2.05) is 7.11 Å². The summed E-state index contributed by atoms with van der Waals surface area (Å²) in [6, 6.07) is 0.577. The molecule has 1 aliphatic carbocycles. The van der Waals surface area contributed by atoms with Crippen LogP contribution in [0.4, 0.5) is 0 Å². The Hall–Kier alpha value is -0.0800. The van der Waals surface area contributed by atoms with Crippen LogP contribution in [0.2, 0.25) is 0 Å². The first-order valence-electron chi connectivity index (χ1n) is 7.09. The molecule has 0 aliphatic heterocycles. The molecule has 0 bridgehead atoms. The van der Waals surface area contributed by atoms with Crippen molar-refractivity contribution in [2.45, 2.75) is 64.3 Å². The van der Waals surface area contributed by atoms with E-state index < -0.39 is 0 Å². The van der Waals surface area contributed by atoms with E-state index in [0.717, 1.165) is 19.1 Å². The molecular formula is C14H29NO. The fourth-order valence-corrected chi connectivity index (χ4v) is 2.76. The first kappa shape index (κ1) is 14.0. The SMILES string of the molecule is CCCNC(COC)CC1CCCCCC1. The van der Waals surface area contributed by atoms with Gasteiger partial charge in [-0.3, -0.25) is 0 Å². The Kier molecular flexibility index (Phi) is 7.87. The molecule has 1 atom stereocenters. The number of hydrogen-bond acceptors (Lipinski definition) is 2. The van der Waals surface area contributed by atoms with Crippen LogP contribution < -0.4 is 5.32 Å². The summed E-state index contributed by atoms with van der Waals surface area (Å²) < 4.78 is 5.31. The fraction of sp³-hybridized carbons (Fsp3) is 1.00. The summed E-state index contributed by atoms with van der Waals surface area (Å²) in [5, 5.41) is 3.61. The molecule has 1 unspecified atom stereocenters. The molecule has 0 aromatic carbocycles. The van der Waals surface area contributed by atoms with Gasteiger partial charge < -0.3 is 10.1 Å². The van der Waals surface area contributed by atoms with Crippen LogP contribution in [0, 0.1) is 5.92 Å². The van der Waals surface area contributed by atoms with Crippen LogP contribution in [0.3, 0.4) is 0 Å². The van der Waals surface area contributed by atoms with Gasteiger partial charge in [0.1, 0.15) is 0 Å². The van der Waals surface area contributed by atoms with Crippen LogP contribution in [0.5, 0.6) is 0 Å². The maximum atomic E-state index is 5.31. The molecule has 0 aromatic rings. The van der Waals surface area contributed by atoms with Gasteiger partial charge in [0.2, 0.25) is 0 Å². The summed E-state index contributed by atoms with van der Waals surface area (Å²) in [5.41, 5.74) is 0. The van der Waals surface area contributed by atoms with E-state index in [9.17, 15) is 0 Å². The highest BCUT2D eigenvalue weighted by atomic mass is 16.5. The fourth-order valence-electron chi connectivity index (χ4n) is 2.76. The van der Waals surface area contributed by atoms with Crippen molar-refractivity contribution in [3.8, 4) is 0 Å². The summed E-state index contributed by atoms with van der Waals surface area (Å²) >= 11 is 0. The number of nitrogens with one attached hydrogen (secondary N) is 1. The van der Waals surface area contributed by atoms with E-state index in [2.05, 4.69) is 12.2 Å². The van der Waals surface area contributed by atoms with Gasteiger partial charge in [-0.05, 0) is 25.3 Å². The summed E-state index contributed by atoms with van der Waals surface area (Å²) in [7, 11) is 1.81. The van der Waals surface area contributed by atoms with Gasteiger partial charge in [-0.25, -0.2) is 0 Å². The maximum absolute atomic E-state index is 5.31. The standard InChI is InChI=1S/C14H29NO/c1-3-10-15-14(12-16-2)11-13-8-6-4-5-7-9-13/h13-15H,3-12H2,1-2H3. The molecule has 1 N–H and O–H groups in total. The molecule has 96 valence electrons. The molecule has 0 heterocycles. The summed E-state index contributed by atoms with van der Waals surface area (Å²) in [4.78, 5) is 0. The topological polar surface area (TPSA) is 21.3 Å². The second-order valence-corrected chi connectivity index (χ2v) is 5.20. The summed E-state index contributed by atoms with van der Waals surface area (Å²) in [6.45, 7) is 4.22. The van der Waals surface area contributed by atoms with Gasteiger partial charge in [-0.15, -0.1) is 0 Å². The Balaban J connectivity index is 2.27. The van der Waals surface area contributed by atoms with E-state index in [1.165, 1.54) is 51.4 Å². The van der Waals surface area contributed by atoms with E-state index in [0.29, 0.717) is 6.04 Å². The van der Waals surface area contributed by atoms with Crippen molar-refractivity contribution in [2.24, 2.45) is 5.92 Å². The molecular weight excluding hydrogens is 198 g/mol. The van der Waals surface area contributed by atoms with Crippen molar-refractivity contribution >= 4 is 0 Å². The smallest absolute Gasteiger partial charge is 0.0615 e. The van der Waals surface area contributed by atoms with Gasteiger partial charge in [-0.1, -0.05) is 45.4 Å². The highest BCUT2D eigenvalue weighted by molar-refractivity contribution is 4.73. The molecule has 2 heteroatoms. The molecule has 16 heavy (non-hydrogen) atoms. The monoisotopic (exact) mass is 227 g/mol. The Morgan fingerprint density at radius 3 is 2.44 bits per heavy atom. The molecule has 0 radical (unpaired) electrons. The van der Waals surface area contributed by atoms with Crippen LogP contribution in [0.1, 0.15) is 58.3 Å². The molecule has 0 amide bonds. The van der Waals surface area contributed by atoms with Crippen molar-refractivity contribution in [3.63, 3.8) is 0 Å². The third-order valence-corrected chi connectivity index (χ3v) is 3.64. The first-order chi connectivity index (χ1) is 7.86. The molecule has 2 nitrogen and oxygen atoms in total. The average molecular weight is 227 g/mol. The van der Waals surface area contributed by atoms with Crippen molar-refractivity contribution in [2.75, 3.05) is 20.3 Å². The third kappa shape index (κ3) is 5.86. The Morgan fingerprint density at radius 1 is 1.19 bits per heavy atom. The van der Waals surface area contributed by atoms with Crippen molar-refractivity contribution in [1.29, 1.82) is 0 Å². The molecule has 1 saturated carbocycles. The molecule has 1 fully saturated rings. The van der Waals surface area contributed by atoms with Crippen LogP contribution in [-0.2, 0) is 4.74 Å². The third-order valence-electron chi connectivity index (χ3n) is 3.64. The zero-order valence-electron chi connectivity index (χ0n) is 11.1. The lowest BCUT2D eigenvalue weighted by Crippen LogP contribution is -2.35. The summed E-state index contributed by atoms with van der Waals surface area (Å²) in [6.07, 6.45) is 11.2. The minimum atomic E-state index is 0.577. The van der Waals surface area contributed by atoms with E-state index >= 15 is 0 Å². The molecule has 0 saturated heterocycles. The molecule has 1 aliphatic rings. The molecule has 1 rings (SSSR count). The predicted octanol–water partition coefficient (Wildman–Crippen LogP) is 3.36. The van der Waals surface area contributed by atoms with E-state index in [1.54, 1.807) is 0 Å². The highest BCUT2D eigenvalue weighted by Crippen LogP contribution is 2.26. The number of ether oxygens (including phenoxy) is 1. The van der Waals surface area contributed by atoms with Crippen molar-refractivity contribution < 1.29 is 4.74 Å². The van der Waals surface area contributed by atoms with Gasteiger partial charge in [0.15, 0.2) is 0 Å². The zero-order valence-corrected chi connectivity index (χ0v) is 11.1. The van der Waals surface area contributed by atoms with Gasteiger partial charge in [0, 0.05) is 13.2 Å². The predicted molar refractivity (Wildman–Crippen MR) is 69.8 cm³/mol. The first-order valence-corrected chi connectivity index (χ1v) is 7.09. The van der Waals surface area contributed by atoms with Crippen molar-refractivity contribution in [1.82, 2.24) is 5.32 Å². The largest absolute Gasteiger partial charge is 0.383 e. The Labute approximate surface area is 101 Å². The lowest BCUT2D eigenvalue weighted by atomic mass is 9.93. The van der Waals surface area contributed by atoms with Gasteiger partial charge >= 0.3 is 0 Å². The quantitative estimate of drug-likeness (QED) is 0.673. The Bertz CT molecular complexity index is 153. The molecule has 0 aromatic heterocycles. The second-order valence-electron chi connectivity index (χ2n) is 5.20. The van der Waals surface area contributed by atoms with E-state index in [-0.39, 0.29) is 0 Å². The maximum Gasteiger partial charge on any atom is 0.0615 e. The van der Waals surface area contributed by atoms with Gasteiger partial charge in [-0.2, -0.15) is 0 Å². The average Bonchev–Trinajstić information content (AvgIpc) is 2.55.